The second-order valence-electron chi connectivity index (χ2n) is 7.78. The number of aliphatic imine (C=N–C) groups is 1. The highest BCUT2D eigenvalue weighted by atomic mass is 16.5. The van der Waals surface area contributed by atoms with Gasteiger partial charge in [0.2, 0.25) is 0 Å². The summed E-state index contributed by atoms with van der Waals surface area (Å²) in [5.74, 6) is -0.210. The molecule has 1 amide bonds. The molecule has 8 nitrogen and oxygen atoms in total. The number of nitrogens with one attached hydrogen (secondary N) is 3. The summed E-state index contributed by atoms with van der Waals surface area (Å²) in [5, 5.41) is 18.6. The SMILES string of the molecule is O=C(O)CC(Oc1ccccc1NC(=O)c1cccc(NC2=NCCCN2)c1)c1ccccc1. The number of para-hydroxylation sites is 2. The summed E-state index contributed by atoms with van der Waals surface area (Å²) in [6.45, 7) is 1.62. The van der Waals surface area contributed by atoms with Gasteiger partial charge in [-0.25, -0.2) is 0 Å². The number of ether oxygens (including phenoxy) is 1. The highest BCUT2D eigenvalue weighted by molar-refractivity contribution is 6.06. The number of aliphatic carboxylic acids is 1. The molecule has 3 aromatic rings. The standard InChI is InChI=1S/C26H26N4O4/c31-24(32)17-23(18-8-2-1-3-9-18)34-22-13-5-4-12-21(22)30-25(33)19-10-6-11-20(16-19)29-26-27-14-7-15-28-26/h1-6,8-13,16,23H,7,14-15,17H2,(H,30,33)(H,31,32)(H2,27,28,29). The van der Waals surface area contributed by atoms with Crippen molar-refractivity contribution >= 4 is 29.2 Å². The zero-order valence-corrected chi connectivity index (χ0v) is 18.5. The van der Waals surface area contributed by atoms with Crippen LogP contribution in [0.1, 0.15) is 34.9 Å². The Morgan fingerprint density at radius 2 is 1.82 bits per heavy atom. The van der Waals surface area contributed by atoms with Crippen LogP contribution in [0.4, 0.5) is 11.4 Å². The fraction of sp³-hybridized carbons (Fsp3) is 0.192. The molecule has 0 saturated heterocycles. The lowest BCUT2D eigenvalue weighted by Crippen LogP contribution is -2.35. The molecule has 4 rings (SSSR count). The smallest absolute Gasteiger partial charge is 0.307 e. The Kier molecular flexibility index (Phi) is 7.39. The summed E-state index contributed by atoms with van der Waals surface area (Å²) in [6.07, 6.45) is 0.0815. The minimum Gasteiger partial charge on any atom is -0.483 e. The number of anilines is 2. The second kappa shape index (κ2) is 11.0. The number of benzene rings is 3. The molecule has 8 heteroatoms. The summed E-state index contributed by atoms with van der Waals surface area (Å²) in [4.78, 5) is 28.8. The van der Waals surface area contributed by atoms with Crippen molar-refractivity contribution in [3.63, 3.8) is 0 Å². The van der Waals surface area contributed by atoms with E-state index in [0.717, 1.165) is 30.8 Å². The summed E-state index contributed by atoms with van der Waals surface area (Å²) in [7, 11) is 0. The van der Waals surface area contributed by atoms with E-state index in [4.69, 9.17) is 4.74 Å². The van der Waals surface area contributed by atoms with E-state index in [2.05, 4.69) is 20.9 Å². The van der Waals surface area contributed by atoms with Crippen molar-refractivity contribution < 1.29 is 19.4 Å². The zero-order chi connectivity index (χ0) is 23.8. The van der Waals surface area contributed by atoms with Crippen LogP contribution in [0.15, 0.2) is 83.9 Å². The highest BCUT2D eigenvalue weighted by Crippen LogP contribution is 2.31. The lowest BCUT2D eigenvalue weighted by molar-refractivity contribution is -0.138. The first-order valence-corrected chi connectivity index (χ1v) is 11.1. The lowest BCUT2D eigenvalue weighted by atomic mass is 10.1. The molecule has 0 fully saturated rings. The minimum atomic E-state index is -0.975. The van der Waals surface area contributed by atoms with Crippen molar-refractivity contribution in [1.82, 2.24) is 5.32 Å². The molecule has 1 atom stereocenters. The number of rotatable bonds is 8. The molecule has 4 N–H and O–H groups in total. The molecule has 1 aliphatic heterocycles. The van der Waals surface area contributed by atoms with Crippen molar-refractivity contribution in [3.8, 4) is 5.75 Å². The molecule has 1 aliphatic rings. The van der Waals surface area contributed by atoms with E-state index < -0.39 is 12.1 Å². The number of guanidine groups is 1. The molecular weight excluding hydrogens is 432 g/mol. The first-order valence-electron chi connectivity index (χ1n) is 11.1. The minimum absolute atomic E-state index is 0.210. The first kappa shape index (κ1) is 22.8. The molecule has 0 radical (unpaired) electrons. The Morgan fingerprint density at radius 3 is 2.59 bits per heavy atom. The van der Waals surface area contributed by atoms with E-state index in [1.165, 1.54) is 0 Å². The van der Waals surface area contributed by atoms with Crippen LogP contribution in [0.5, 0.6) is 5.75 Å². The molecule has 0 spiro atoms. The monoisotopic (exact) mass is 458 g/mol. The third-order valence-electron chi connectivity index (χ3n) is 5.22. The second-order valence-corrected chi connectivity index (χ2v) is 7.78. The Hall–Kier alpha value is -4.33. The van der Waals surface area contributed by atoms with Gasteiger partial charge in [-0.3, -0.25) is 14.6 Å². The molecule has 1 heterocycles. The Bertz CT molecular complexity index is 1180. The van der Waals surface area contributed by atoms with Crippen LogP contribution in [0.25, 0.3) is 0 Å². The lowest BCUT2D eigenvalue weighted by Gasteiger charge is -2.20. The molecule has 0 bridgehead atoms. The largest absolute Gasteiger partial charge is 0.483 e. The number of nitrogens with zero attached hydrogens (tertiary/aromatic N) is 1. The third-order valence-corrected chi connectivity index (χ3v) is 5.22. The van der Waals surface area contributed by atoms with Gasteiger partial charge in [0, 0.05) is 24.3 Å². The number of carbonyl (C=O) groups excluding carboxylic acids is 1. The molecule has 3 aromatic carbocycles. The van der Waals surface area contributed by atoms with Gasteiger partial charge in [-0.1, -0.05) is 48.5 Å². The topological polar surface area (TPSA) is 112 Å². The average molecular weight is 459 g/mol. The Labute approximate surface area is 197 Å². The predicted octanol–water partition coefficient (Wildman–Crippen LogP) is 4.29. The van der Waals surface area contributed by atoms with Crippen LogP contribution in [0.3, 0.4) is 0 Å². The van der Waals surface area contributed by atoms with Crippen LogP contribution in [0, 0.1) is 0 Å². The van der Waals surface area contributed by atoms with Crippen molar-refractivity contribution in [2.75, 3.05) is 23.7 Å². The van der Waals surface area contributed by atoms with E-state index in [1.54, 1.807) is 42.5 Å². The normalized spacial score (nSPS) is 13.7. The molecule has 0 aliphatic carbocycles. The van der Waals surface area contributed by atoms with Gasteiger partial charge in [-0.15, -0.1) is 0 Å². The number of hydrogen-bond donors (Lipinski definition) is 4. The Balaban J connectivity index is 1.50. The van der Waals surface area contributed by atoms with E-state index in [9.17, 15) is 14.7 Å². The van der Waals surface area contributed by atoms with E-state index >= 15 is 0 Å². The maximum Gasteiger partial charge on any atom is 0.307 e. The highest BCUT2D eigenvalue weighted by Gasteiger charge is 2.20. The Morgan fingerprint density at radius 1 is 1.03 bits per heavy atom. The van der Waals surface area contributed by atoms with Gasteiger partial charge >= 0.3 is 5.97 Å². The van der Waals surface area contributed by atoms with Crippen LogP contribution < -0.4 is 20.7 Å². The van der Waals surface area contributed by atoms with Gasteiger partial charge in [0.05, 0.1) is 12.1 Å². The zero-order valence-electron chi connectivity index (χ0n) is 18.5. The van der Waals surface area contributed by atoms with Gasteiger partial charge in [-0.05, 0) is 42.3 Å². The molecule has 0 saturated carbocycles. The van der Waals surface area contributed by atoms with E-state index in [1.807, 2.05) is 36.4 Å². The maximum atomic E-state index is 13.0. The predicted molar refractivity (Wildman–Crippen MR) is 131 cm³/mol. The van der Waals surface area contributed by atoms with Gasteiger partial charge in [0.25, 0.3) is 5.91 Å². The molecular formula is C26H26N4O4. The molecule has 34 heavy (non-hydrogen) atoms. The van der Waals surface area contributed by atoms with Crippen LogP contribution in [0.2, 0.25) is 0 Å². The van der Waals surface area contributed by atoms with Gasteiger partial charge in [-0.2, -0.15) is 0 Å². The fourth-order valence-electron chi connectivity index (χ4n) is 3.57. The average Bonchev–Trinajstić information content (AvgIpc) is 2.86. The summed E-state index contributed by atoms with van der Waals surface area (Å²) in [6, 6.07) is 23.3. The molecule has 174 valence electrons. The van der Waals surface area contributed by atoms with Gasteiger partial charge < -0.3 is 25.8 Å². The van der Waals surface area contributed by atoms with E-state index in [0.29, 0.717) is 23.0 Å². The number of hydrogen-bond acceptors (Lipinski definition) is 6. The summed E-state index contributed by atoms with van der Waals surface area (Å²) >= 11 is 0. The summed E-state index contributed by atoms with van der Waals surface area (Å²) in [5.41, 5.74) is 2.40. The number of carboxylic acids is 1. The van der Waals surface area contributed by atoms with Crippen molar-refractivity contribution in [2.24, 2.45) is 4.99 Å². The summed E-state index contributed by atoms with van der Waals surface area (Å²) < 4.78 is 6.07. The number of carboxylic acid groups (broad SMARTS) is 1. The van der Waals surface area contributed by atoms with Gasteiger partial charge in [0.15, 0.2) is 5.96 Å². The van der Waals surface area contributed by atoms with Crippen molar-refractivity contribution in [2.45, 2.75) is 18.9 Å². The number of carbonyl (C=O) groups is 2. The van der Waals surface area contributed by atoms with Gasteiger partial charge in [0.1, 0.15) is 11.9 Å². The van der Waals surface area contributed by atoms with Crippen LogP contribution >= 0.6 is 0 Å². The molecule has 1 unspecified atom stereocenters. The third kappa shape index (κ3) is 6.13. The number of amides is 1. The fourth-order valence-corrected chi connectivity index (χ4v) is 3.57. The first-order chi connectivity index (χ1) is 16.6. The van der Waals surface area contributed by atoms with Crippen molar-refractivity contribution in [3.05, 3.63) is 90.0 Å². The van der Waals surface area contributed by atoms with E-state index in [-0.39, 0.29) is 12.3 Å². The maximum absolute atomic E-state index is 13.0. The van der Waals surface area contributed by atoms with Crippen LogP contribution in [-0.4, -0.2) is 36.0 Å². The van der Waals surface area contributed by atoms with Crippen molar-refractivity contribution in [1.29, 1.82) is 0 Å². The van der Waals surface area contributed by atoms with Crippen LogP contribution in [-0.2, 0) is 4.79 Å². The molecule has 0 aromatic heterocycles. The quantitative estimate of drug-likeness (QED) is 0.401.